The van der Waals surface area contributed by atoms with Gasteiger partial charge >= 0.3 is 6.18 Å². The second kappa shape index (κ2) is 3.52. The summed E-state index contributed by atoms with van der Waals surface area (Å²) in [7, 11) is 0. The molecule has 0 aliphatic rings. The number of nitrogens with two attached hydrogens (primary N) is 1. The summed E-state index contributed by atoms with van der Waals surface area (Å²) < 4.78 is 37.2. The third kappa shape index (κ3) is 1.90. The highest BCUT2D eigenvalue weighted by Gasteiger charge is 2.37. The van der Waals surface area contributed by atoms with Crippen LogP contribution < -0.4 is 5.73 Å². The Kier molecular flexibility index (Phi) is 2.42. The molecule has 0 aliphatic heterocycles. The number of fused-ring (bicyclic) bond motifs is 1. The van der Waals surface area contributed by atoms with Gasteiger partial charge in [-0.3, -0.25) is 0 Å². The molecule has 0 spiro atoms. The molecule has 1 heterocycles. The number of benzene rings is 1. The van der Waals surface area contributed by atoms with Gasteiger partial charge in [-0.1, -0.05) is 6.07 Å². The van der Waals surface area contributed by atoms with Gasteiger partial charge in [0.25, 0.3) is 0 Å². The van der Waals surface area contributed by atoms with Gasteiger partial charge in [0, 0.05) is 11.2 Å². The maximum Gasteiger partial charge on any atom is 0.407 e. The highest BCUT2D eigenvalue weighted by molar-refractivity contribution is 5.81. The molecule has 0 bridgehead atoms. The van der Waals surface area contributed by atoms with Crippen molar-refractivity contribution in [3.63, 3.8) is 0 Å². The Balaban J connectivity index is 2.46. The summed E-state index contributed by atoms with van der Waals surface area (Å²) in [6, 6.07) is 4.35. The standard InChI is InChI=1S/C11H11F3N2/c1-6-4-8-5-7(2-3-9(8)16-6)10(15)11(12,13)14/h2-5,10,16H,15H2,1H3. The molecule has 2 rings (SSSR count). The van der Waals surface area contributed by atoms with Crippen LogP contribution in [-0.4, -0.2) is 11.2 Å². The van der Waals surface area contributed by atoms with Crippen LogP contribution >= 0.6 is 0 Å². The lowest BCUT2D eigenvalue weighted by Gasteiger charge is -2.15. The Labute approximate surface area is 90.3 Å². The SMILES string of the molecule is Cc1cc2cc(C(N)C(F)(F)F)ccc2[nH]1. The molecule has 16 heavy (non-hydrogen) atoms. The fourth-order valence-electron chi connectivity index (χ4n) is 1.68. The van der Waals surface area contributed by atoms with E-state index in [4.69, 9.17) is 5.73 Å². The van der Waals surface area contributed by atoms with Gasteiger partial charge in [0.2, 0.25) is 0 Å². The van der Waals surface area contributed by atoms with Crippen molar-refractivity contribution in [1.29, 1.82) is 0 Å². The molecule has 0 radical (unpaired) electrons. The second-order valence-corrected chi connectivity index (χ2v) is 3.82. The van der Waals surface area contributed by atoms with Crippen LogP contribution in [0.25, 0.3) is 10.9 Å². The fourth-order valence-corrected chi connectivity index (χ4v) is 1.68. The summed E-state index contributed by atoms with van der Waals surface area (Å²) in [5.74, 6) is 0. The quantitative estimate of drug-likeness (QED) is 0.773. The Bertz CT molecular complexity index is 513. The maximum atomic E-state index is 12.4. The summed E-state index contributed by atoms with van der Waals surface area (Å²) in [6.07, 6.45) is -4.40. The number of aromatic nitrogens is 1. The molecule has 2 nitrogen and oxygen atoms in total. The van der Waals surface area contributed by atoms with Crippen molar-refractivity contribution in [2.45, 2.75) is 19.1 Å². The van der Waals surface area contributed by atoms with E-state index in [0.29, 0.717) is 0 Å². The lowest BCUT2D eigenvalue weighted by molar-refractivity contribution is -0.149. The Hall–Kier alpha value is -1.49. The summed E-state index contributed by atoms with van der Waals surface area (Å²) in [5.41, 5.74) is 6.94. The number of aromatic amines is 1. The van der Waals surface area contributed by atoms with Gasteiger partial charge in [0.05, 0.1) is 0 Å². The molecule has 0 amide bonds. The monoisotopic (exact) mass is 228 g/mol. The predicted octanol–water partition coefficient (Wildman–Crippen LogP) is 3.04. The molecule has 3 N–H and O–H groups in total. The minimum absolute atomic E-state index is 0.0824. The van der Waals surface area contributed by atoms with Crippen molar-refractivity contribution >= 4 is 10.9 Å². The minimum atomic E-state index is -4.40. The van der Waals surface area contributed by atoms with Gasteiger partial charge in [-0.05, 0) is 36.1 Å². The van der Waals surface area contributed by atoms with E-state index in [1.807, 2.05) is 6.92 Å². The largest absolute Gasteiger partial charge is 0.407 e. The molecular weight excluding hydrogens is 217 g/mol. The lowest BCUT2D eigenvalue weighted by Crippen LogP contribution is -2.28. The van der Waals surface area contributed by atoms with Gasteiger partial charge in [0.15, 0.2) is 0 Å². The first-order chi connectivity index (χ1) is 7.38. The Morgan fingerprint density at radius 3 is 2.56 bits per heavy atom. The van der Waals surface area contributed by atoms with Crippen LogP contribution in [0.5, 0.6) is 0 Å². The average Bonchev–Trinajstić information content (AvgIpc) is 2.54. The molecule has 86 valence electrons. The van der Waals surface area contributed by atoms with Crippen molar-refractivity contribution in [2.75, 3.05) is 0 Å². The van der Waals surface area contributed by atoms with Crippen molar-refractivity contribution in [3.8, 4) is 0 Å². The number of H-pyrrole nitrogens is 1. The predicted molar refractivity (Wildman–Crippen MR) is 56.0 cm³/mol. The zero-order chi connectivity index (χ0) is 11.9. The van der Waals surface area contributed by atoms with E-state index in [1.165, 1.54) is 12.1 Å². The summed E-state index contributed by atoms with van der Waals surface area (Å²) in [4.78, 5) is 3.04. The lowest BCUT2D eigenvalue weighted by atomic mass is 10.1. The van der Waals surface area contributed by atoms with Crippen molar-refractivity contribution in [3.05, 3.63) is 35.5 Å². The van der Waals surface area contributed by atoms with Gasteiger partial charge in [-0.2, -0.15) is 13.2 Å². The van der Waals surface area contributed by atoms with Crippen LogP contribution in [0.3, 0.4) is 0 Å². The van der Waals surface area contributed by atoms with E-state index >= 15 is 0 Å². The van der Waals surface area contributed by atoms with Crippen LogP contribution in [0.4, 0.5) is 13.2 Å². The minimum Gasteiger partial charge on any atom is -0.359 e. The van der Waals surface area contributed by atoms with Crippen LogP contribution in [0.15, 0.2) is 24.3 Å². The molecule has 5 heteroatoms. The molecule has 1 unspecified atom stereocenters. The van der Waals surface area contributed by atoms with Gasteiger partial charge in [0.1, 0.15) is 6.04 Å². The van der Waals surface area contributed by atoms with Crippen LogP contribution in [0.1, 0.15) is 17.3 Å². The van der Waals surface area contributed by atoms with E-state index in [2.05, 4.69) is 4.98 Å². The molecular formula is C11H11F3N2. The van der Waals surface area contributed by atoms with Crippen LogP contribution in [-0.2, 0) is 0 Å². The zero-order valence-electron chi connectivity index (χ0n) is 8.60. The van der Waals surface area contributed by atoms with Gasteiger partial charge in [-0.25, -0.2) is 0 Å². The number of hydrogen-bond donors (Lipinski definition) is 2. The Morgan fingerprint density at radius 2 is 1.94 bits per heavy atom. The second-order valence-electron chi connectivity index (χ2n) is 3.82. The van der Waals surface area contributed by atoms with Crippen molar-refractivity contribution < 1.29 is 13.2 Å². The van der Waals surface area contributed by atoms with Crippen LogP contribution in [0, 0.1) is 6.92 Å². The number of alkyl halides is 3. The molecule has 0 fully saturated rings. The first-order valence-electron chi connectivity index (χ1n) is 4.79. The number of nitrogens with one attached hydrogen (secondary N) is 1. The van der Waals surface area contributed by atoms with E-state index in [-0.39, 0.29) is 5.56 Å². The summed E-state index contributed by atoms with van der Waals surface area (Å²) in [5, 5.41) is 0.745. The molecule has 1 aromatic carbocycles. The van der Waals surface area contributed by atoms with Crippen molar-refractivity contribution in [1.82, 2.24) is 4.98 Å². The van der Waals surface area contributed by atoms with Gasteiger partial charge in [-0.15, -0.1) is 0 Å². The van der Waals surface area contributed by atoms with Gasteiger partial charge < -0.3 is 10.7 Å². The topological polar surface area (TPSA) is 41.8 Å². The van der Waals surface area contributed by atoms with Crippen molar-refractivity contribution in [2.24, 2.45) is 5.73 Å². The zero-order valence-corrected chi connectivity index (χ0v) is 8.60. The number of aryl methyl sites for hydroxylation is 1. The summed E-state index contributed by atoms with van der Waals surface area (Å²) >= 11 is 0. The number of halogens is 3. The number of hydrogen-bond acceptors (Lipinski definition) is 1. The normalized spacial score (nSPS) is 14.3. The molecule has 1 atom stereocenters. The molecule has 0 saturated carbocycles. The molecule has 0 saturated heterocycles. The maximum absolute atomic E-state index is 12.4. The Morgan fingerprint density at radius 1 is 1.25 bits per heavy atom. The third-order valence-electron chi connectivity index (χ3n) is 2.49. The molecule has 2 aromatic rings. The molecule has 0 aliphatic carbocycles. The average molecular weight is 228 g/mol. The van der Waals surface area contributed by atoms with E-state index in [9.17, 15) is 13.2 Å². The highest BCUT2D eigenvalue weighted by Crippen LogP contribution is 2.31. The van der Waals surface area contributed by atoms with E-state index in [0.717, 1.165) is 16.6 Å². The third-order valence-corrected chi connectivity index (χ3v) is 2.49. The van der Waals surface area contributed by atoms with E-state index in [1.54, 1.807) is 12.1 Å². The number of rotatable bonds is 1. The highest BCUT2D eigenvalue weighted by atomic mass is 19.4. The first kappa shape index (κ1) is 11.0. The fraction of sp³-hybridized carbons (Fsp3) is 0.273. The molecule has 1 aromatic heterocycles. The van der Waals surface area contributed by atoms with E-state index < -0.39 is 12.2 Å². The smallest absolute Gasteiger partial charge is 0.359 e. The van der Waals surface area contributed by atoms with Crippen LogP contribution in [0.2, 0.25) is 0 Å². The first-order valence-corrected chi connectivity index (χ1v) is 4.79. The summed E-state index contributed by atoms with van der Waals surface area (Å²) in [6.45, 7) is 1.85.